The Kier molecular flexibility index (Phi) is 4.04. The van der Waals surface area contributed by atoms with Gasteiger partial charge in [0.2, 0.25) is 0 Å². The topological polar surface area (TPSA) is 65.0 Å². The van der Waals surface area contributed by atoms with Gasteiger partial charge in [-0.1, -0.05) is 121 Å². The molecular formula is C43H25N3O2. The molecule has 0 fully saturated rings. The van der Waals surface area contributed by atoms with Crippen LogP contribution in [0.5, 0.6) is 0 Å². The molecule has 0 saturated carbocycles. The lowest BCUT2D eigenvalue weighted by Crippen LogP contribution is -2.00. The first-order chi connectivity index (χ1) is 27.9. The maximum absolute atomic E-state index is 9.04. The lowest BCUT2D eigenvalue weighted by Gasteiger charge is -2.12. The number of benzene rings is 7. The van der Waals surface area contributed by atoms with E-state index in [1.54, 1.807) is 12.1 Å². The van der Waals surface area contributed by atoms with Crippen molar-refractivity contribution in [1.29, 1.82) is 0 Å². The van der Waals surface area contributed by atoms with Crippen molar-refractivity contribution >= 4 is 54.6 Å². The van der Waals surface area contributed by atoms with E-state index in [2.05, 4.69) is 0 Å². The van der Waals surface area contributed by atoms with Crippen LogP contribution < -0.4 is 0 Å². The van der Waals surface area contributed by atoms with Crippen LogP contribution >= 0.6 is 0 Å². The van der Waals surface area contributed by atoms with E-state index in [-0.39, 0.29) is 64.4 Å². The summed E-state index contributed by atoms with van der Waals surface area (Å²) in [5.74, 6) is 0.251. The van der Waals surface area contributed by atoms with E-state index < -0.39 is 30.2 Å². The Balaban J connectivity index is 1.22. The Morgan fingerprint density at radius 2 is 1.15 bits per heavy atom. The van der Waals surface area contributed by atoms with Crippen molar-refractivity contribution in [1.82, 2.24) is 15.0 Å². The van der Waals surface area contributed by atoms with E-state index in [1.807, 2.05) is 66.7 Å². The molecule has 224 valence electrons. The molecule has 0 aliphatic heterocycles. The Labute approximate surface area is 288 Å². The van der Waals surface area contributed by atoms with Gasteiger partial charge in [-0.15, -0.1) is 0 Å². The second kappa shape index (κ2) is 10.5. The maximum Gasteiger partial charge on any atom is 0.164 e. The van der Waals surface area contributed by atoms with Gasteiger partial charge in [-0.25, -0.2) is 15.0 Å². The normalized spacial score (nSPS) is 14.7. The maximum atomic E-state index is 9.04. The molecule has 10 rings (SSSR count). The average molecular weight is 626 g/mol. The van der Waals surface area contributed by atoms with Crippen molar-refractivity contribution in [2.75, 3.05) is 0 Å². The van der Waals surface area contributed by atoms with Gasteiger partial charge in [-0.3, -0.25) is 0 Å². The number of aromatic nitrogens is 3. The van der Waals surface area contributed by atoms with Gasteiger partial charge in [-0.2, -0.15) is 0 Å². The fraction of sp³-hybridized carbons (Fsp3) is 0. The van der Waals surface area contributed by atoms with Gasteiger partial charge in [-0.05, 0) is 52.2 Å². The van der Waals surface area contributed by atoms with E-state index in [0.29, 0.717) is 44.2 Å². The highest BCUT2D eigenvalue weighted by molar-refractivity contribution is 6.15. The smallest absolute Gasteiger partial charge is 0.164 e. The van der Waals surface area contributed by atoms with Crippen LogP contribution in [0.3, 0.4) is 0 Å². The number of hydrogen-bond donors (Lipinski definition) is 0. The van der Waals surface area contributed by atoms with E-state index in [0.717, 1.165) is 21.5 Å². The van der Waals surface area contributed by atoms with Crippen LogP contribution in [-0.4, -0.2) is 15.0 Å². The zero-order valence-corrected chi connectivity index (χ0v) is 24.8. The van der Waals surface area contributed by atoms with Crippen LogP contribution in [-0.2, 0) is 0 Å². The third kappa shape index (κ3) is 4.15. The molecule has 5 nitrogen and oxygen atoms in total. The summed E-state index contributed by atoms with van der Waals surface area (Å²) in [6.45, 7) is 0. The second-order valence-electron chi connectivity index (χ2n) is 11.2. The van der Waals surface area contributed by atoms with Crippen LogP contribution in [0.2, 0.25) is 0 Å². The summed E-state index contributed by atoms with van der Waals surface area (Å²) in [5.41, 5.74) is 3.46. The quantitative estimate of drug-likeness (QED) is 0.195. The number of furan rings is 2. The third-order valence-electron chi connectivity index (χ3n) is 8.49. The van der Waals surface area contributed by atoms with Crippen LogP contribution in [0.25, 0.3) is 99.9 Å². The molecule has 0 radical (unpaired) electrons. The monoisotopic (exact) mass is 625 g/mol. The molecule has 48 heavy (non-hydrogen) atoms. The molecule has 0 aliphatic rings. The van der Waals surface area contributed by atoms with Crippen LogP contribution in [0.1, 0.15) is 13.7 Å². The zero-order chi connectivity index (χ0) is 40.3. The molecule has 7 aromatic carbocycles. The molecule has 5 heteroatoms. The van der Waals surface area contributed by atoms with Crippen molar-refractivity contribution in [2.45, 2.75) is 0 Å². The summed E-state index contributed by atoms with van der Waals surface area (Å²) in [5, 5.41) is 3.76. The first kappa shape index (κ1) is 18.5. The third-order valence-corrected chi connectivity index (χ3v) is 8.49. The summed E-state index contributed by atoms with van der Waals surface area (Å²) in [6.07, 6.45) is 0. The minimum atomic E-state index is -0.538. The number of nitrogens with zero attached hydrogens (tertiary/aromatic N) is 3. The fourth-order valence-electron chi connectivity index (χ4n) is 6.38. The van der Waals surface area contributed by atoms with Crippen LogP contribution in [0.4, 0.5) is 0 Å². The van der Waals surface area contributed by atoms with E-state index >= 15 is 0 Å². The molecule has 0 N–H and O–H groups in total. The largest absolute Gasteiger partial charge is 0.456 e. The molecule has 10 aromatic rings. The molecule has 0 atom stereocenters. The Bertz CT molecular complexity index is 3410. The minimum Gasteiger partial charge on any atom is -0.456 e. The lowest BCUT2D eigenvalue weighted by atomic mass is 9.94. The molecule has 0 unspecified atom stereocenters. The summed E-state index contributed by atoms with van der Waals surface area (Å²) < 4.78 is 97.2. The number of hydrogen-bond acceptors (Lipinski definition) is 5. The van der Waals surface area contributed by atoms with Gasteiger partial charge in [0.05, 0.1) is 13.7 Å². The summed E-state index contributed by atoms with van der Waals surface area (Å²) in [6, 6.07) is 23.6. The SMILES string of the molecule is [2H]c1cc2c(oc3c([2H])cc([2H])c(-c4cccc5cc(-c6nc(-c7c([2H])c([2H])c([2H])c([2H])c7[2H])nc(-c7cccc8oc9ccccc9c78)n6)ccc45)c32)c([2H])c1[2H]. The average Bonchev–Trinajstić information content (AvgIpc) is 3.80. The standard InChI is InChI=1S/C43H25N3O2/c1-2-11-26(12-3-1)41-44-42(46-43(45-41)34-18-10-22-38-40(34)33-15-5-7-20-36(33)48-38)28-23-24-29-27(25-28)13-8-16-30(29)31-17-9-21-37-39(31)32-14-4-6-19-35(32)47-37/h1-25H/i1D,2D,3D,4D,6D,11D,12D,17D,19D,21D. The Hall–Kier alpha value is -6.59. The molecule has 0 amide bonds. The zero-order valence-electron chi connectivity index (χ0n) is 34.8. The predicted molar refractivity (Wildman–Crippen MR) is 194 cm³/mol. The number of para-hydroxylation sites is 2. The summed E-state index contributed by atoms with van der Waals surface area (Å²) in [7, 11) is 0. The molecule has 0 aliphatic carbocycles. The highest BCUT2D eigenvalue weighted by Gasteiger charge is 2.19. The molecule has 0 bridgehead atoms. The van der Waals surface area contributed by atoms with Gasteiger partial charge in [0.15, 0.2) is 17.5 Å². The fourth-order valence-corrected chi connectivity index (χ4v) is 6.38. The van der Waals surface area contributed by atoms with Gasteiger partial charge in [0, 0.05) is 38.2 Å². The van der Waals surface area contributed by atoms with E-state index in [4.69, 9.17) is 37.5 Å². The molecule has 0 spiro atoms. The van der Waals surface area contributed by atoms with Crippen LogP contribution in [0.15, 0.2) is 160 Å². The van der Waals surface area contributed by atoms with Gasteiger partial charge in [0.25, 0.3) is 0 Å². The first-order valence-electron chi connectivity index (χ1n) is 20.1. The molecule has 0 saturated heterocycles. The Morgan fingerprint density at radius 3 is 2.08 bits per heavy atom. The number of rotatable bonds is 4. The Morgan fingerprint density at radius 1 is 0.417 bits per heavy atom. The van der Waals surface area contributed by atoms with Crippen LogP contribution in [0, 0.1) is 0 Å². The van der Waals surface area contributed by atoms with Crippen molar-refractivity contribution in [3.8, 4) is 45.3 Å². The van der Waals surface area contributed by atoms with E-state index in [9.17, 15) is 0 Å². The van der Waals surface area contributed by atoms with Gasteiger partial charge in [0.1, 0.15) is 22.3 Å². The van der Waals surface area contributed by atoms with Gasteiger partial charge >= 0.3 is 0 Å². The minimum absolute atomic E-state index is 0.0381. The van der Waals surface area contributed by atoms with Crippen molar-refractivity contribution in [2.24, 2.45) is 0 Å². The summed E-state index contributed by atoms with van der Waals surface area (Å²) in [4.78, 5) is 14.4. The second-order valence-corrected chi connectivity index (χ2v) is 11.2. The molecule has 3 aromatic heterocycles. The first-order valence-corrected chi connectivity index (χ1v) is 15.1. The van der Waals surface area contributed by atoms with Crippen molar-refractivity contribution < 1.29 is 22.5 Å². The number of fused-ring (bicyclic) bond motifs is 7. The van der Waals surface area contributed by atoms with Crippen molar-refractivity contribution in [3.05, 3.63) is 151 Å². The highest BCUT2D eigenvalue weighted by Crippen LogP contribution is 2.40. The van der Waals surface area contributed by atoms with Crippen molar-refractivity contribution in [3.63, 3.8) is 0 Å². The lowest BCUT2D eigenvalue weighted by molar-refractivity contribution is 0.668. The molecule has 3 heterocycles. The highest BCUT2D eigenvalue weighted by atomic mass is 16.3. The van der Waals surface area contributed by atoms with Gasteiger partial charge < -0.3 is 8.83 Å². The van der Waals surface area contributed by atoms with E-state index in [1.165, 1.54) is 12.1 Å². The predicted octanol–water partition coefficient (Wildman–Crippen LogP) is 11.5. The molecular weight excluding hydrogens is 590 g/mol. The summed E-state index contributed by atoms with van der Waals surface area (Å²) >= 11 is 0.